The molecule has 0 radical (unpaired) electrons. The number of carbonyl (C=O) groups excluding carboxylic acids is 1. The number of nitrogen functional groups attached to an aromatic ring is 1. The summed E-state index contributed by atoms with van der Waals surface area (Å²) in [6, 6.07) is 7.73. The summed E-state index contributed by atoms with van der Waals surface area (Å²) in [5.74, 6) is 0.538. The minimum absolute atomic E-state index is 0.131. The number of aromatic nitrogens is 3. The molecule has 0 amide bonds. The summed E-state index contributed by atoms with van der Waals surface area (Å²) in [6.45, 7) is 8.47. The van der Waals surface area contributed by atoms with Crippen LogP contribution >= 0.6 is 0 Å². The number of imidazole rings is 1. The first-order valence-electron chi connectivity index (χ1n) is 8.25. The van der Waals surface area contributed by atoms with Crippen LogP contribution in [0.15, 0.2) is 29.1 Å². The monoisotopic (exact) mass is 344 g/mol. The second kappa shape index (κ2) is 7.83. The second-order valence-electron chi connectivity index (χ2n) is 6.10. The highest BCUT2D eigenvalue weighted by Gasteiger charge is 2.14. The number of esters is 1. The van der Waals surface area contributed by atoms with Crippen molar-refractivity contribution in [3.05, 3.63) is 34.7 Å². The number of nitrogens with zero attached hydrogens (tertiary/aromatic N) is 2. The molecule has 3 N–H and O–H groups in total. The van der Waals surface area contributed by atoms with E-state index in [9.17, 15) is 9.59 Å². The van der Waals surface area contributed by atoms with Crippen LogP contribution in [0.25, 0.3) is 21.9 Å². The molecule has 0 unspecified atom stereocenters. The molecular formula is C18H24N4O3. The molecule has 0 aliphatic carbocycles. The van der Waals surface area contributed by atoms with Gasteiger partial charge in [-0.05, 0) is 18.9 Å². The van der Waals surface area contributed by atoms with Crippen LogP contribution < -0.4 is 11.4 Å². The Morgan fingerprint density at radius 3 is 2.60 bits per heavy atom. The van der Waals surface area contributed by atoms with E-state index in [4.69, 9.17) is 5.73 Å². The Morgan fingerprint density at radius 1 is 1.36 bits per heavy atom. The van der Waals surface area contributed by atoms with E-state index in [-0.39, 0.29) is 11.7 Å². The number of nitrogens with two attached hydrogens (primary N) is 1. The number of pyridine rings is 1. The van der Waals surface area contributed by atoms with Crippen LogP contribution in [0.2, 0.25) is 0 Å². The SMILES string of the molecule is CC(C)Cn1c(=O)[nH]c2c(N)nc3ccccc3c21.CCOC(C)=O. The Kier molecular flexibility index (Phi) is 5.80. The van der Waals surface area contributed by atoms with E-state index in [0.29, 0.717) is 30.4 Å². The van der Waals surface area contributed by atoms with Gasteiger partial charge in [0.05, 0.1) is 17.6 Å². The topological polar surface area (TPSA) is 103 Å². The van der Waals surface area contributed by atoms with Crippen LogP contribution in [0.3, 0.4) is 0 Å². The Morgan fingerprint density at radius 2 is 2.04 bits per heavy atom. The van der Waals surface area contributed by atoms with Gasteiger partial charge in [0.1, 0.15) is 11.3 Å². The number of nitrogens with one attached hydrogen (secondary N) is 1. The third-order valence-corrected chi connectivity index (χ3v) is 3.54. The number of para-hydroxylation sites is 1. The standard InChI is InChI=1S/C14H16N4O.C4H8O2/c1-8(2)7-18-12-9-5-3-4-6-10(9)16-13(15)11(12)17-14(18)19;1-3-6-4(2)5/h3-6,8H,7H2,1-2H3,(H2,15,16)(H,17,19);3H2,1-2H3. The number of benzene rings is 1. The van der Waals surface area contributed by atoms with Crippen molar-refractivity contribution in [1.82, 2.24) is 14.5 Å². The fourth-order valence-corrected chi connectivity index (χ4v) is 2.64. The van der Waals surface area contributed by atoms with Crippen LogP contribution in [0.1, 0.15) is 27.7 Å². The zero-order valence-electron chi connectivity index (χ0n) is 15.0. The van der Waals surface area contributed by atoms with Gasteiger partial charge in [-0.15, -0.1) is 0 Å². The molecule has 7 heteroatoms. The highest BCUT2D eigenvalue weighted by Crippen LogP contribution is 2.25. The number of anilines is 1. The lowest BCUT2D eigenvalue weighted by Gasteiger charge is -2.08. The molecule has 0 atom stereocenters. The van der Waals surface area contributed by atoms with Crippen LogP contribution in [-0.2, 0) is 16.1 Å². The Labute approximate surface area is 145 Å². The summed E-state index contributed by atoms with van der Waals surface area (Å²) >= 11 is 0. The maximum atomic E-state index is 12.1. The van der Waals surface area contributed by atoms with E-state index >= 15 is 0 Å². The van der Waals surface area contributed by atoms with Crippen molar-refractivity contribution in [1.29, 1.82) is 0 Å². The zero-order valence-corrected chi connectivity index (χ0v) is 15.0. The van der Waals surface area contributed by atoms with Crippen molar-refractivity contribution in [2.24, 2.45) is 5.92 Å². The minimum Gasteiger partial charge on any atom is -0.466 e. The molecule has 0 aliphatic rings. The summed E-state index contributed by atoms with van der Waals surface area (Å²) in [7, 11) is 0. The molecule has 0 saturated heterocycles. The molecule has 0 fully saturated rings. The molecule has 2 heterocycles. The van der Waals surface area contributed by atoms with Crippen LogP contribution in [0, 0.1) is 5.92 Å². The van der Waals surface area contributed by atoms with Crippen LogP contribution in [-0.4, -0.2) is 27.1 Å². The fraction of sp³-hybridized carbons (Fsp3) is 0.389. The van der Waals surface area contributed by atoms with Crippen molar-refractivity contribution in [3.8, 4) is 0 Å². The first kappa shape index (κ1) is 18.5. The van der Waals surface area contributed by atoms with E-state index in [1.54, 1.807) is 11.5 Å². The molecule has 3 aromatic rings. The van der Waals surface area contributed by atoms with Crippen molar-refractivity contribution in [3.63, 3.8) is 0 Å². The highest BCUT2D eigenvalue weighted by atomic mass is 16.5. The molecule has 7 nitrogen and oxygen atoms in total. The number of H-pyrrole nitrogens is 1. The molecule has 0 saturated carbocycles. The second-order valence-corrected chi connectivity index (χ2v) is 6.10. The molecule has 1 aromatic carbocycles. The van der Waals surface area contributed by atoms with Gasteiger partial charge in [0.15, 0.2) is 0 Å². The highest BCUT2D eigenvalue weighted by molar-refractivity contribution is 6.06. The summed E-state index contributed by atoms with van der Waals surface area (Å²) < 4.78 is 6.15. The lowest BCUT2D eigenvalue weighted by atomic mass is 10.1. The molecule has 2 aromatic heterocycles. The van der Waals surface area contributed by atoms with Crippen molar-refractivity contribution >= 4 is 33.7 Å². The molecule has 0 aliphatic heterocycles. The zero-order chi connectivity index (χ0) is 18.6. The van der Waals surface area contributed by atoms with E-state index in [2.05, 4.69) is 28.6 Å². The molecule has 3 rings (SSSR count). The van der Waals surface area contributed by atoms with Gasteiger partial charge in [-0.25, -0.2) is 9.78 Å². The number of ether oxygens (including phenoxy) is 1. The van der Waals surface area contributed by atoms with Gasteiger partial charge < -0.3 is 15.5 Å². The summed E-state index contributed by atoms with van der Waals surface area (Å²) in [5, 5.41) is 0.950. The Balaban J connectivity index is 0.000000326. The number of rotatable bonds is 3. The molecule has 0 bridgehead atoms. The third-order valence-electron chi connectivity index (χ3n) is 3.54. The predicted octanol–water partition coefficient (Wildman–Crippen LogP) is 2.69. The van der Waals surface area contributed by atoms with Gasteiger partial charge in [-0.1, -0.05) is 32.0 Å². The summed E-state index contributed by atoms with van der Waals surface area (Å²) in [6.07, 6.45) is 0. The summed E-state index contributed by atoms with van der Waals surface area (Å²) in [5.41, 5.74) is 8.10. The van der Waals surface area contributed by atoms with Gasteiger partial charge in [0.2, 0.25) is 0 Å². The van der Waals surface area contributed by atoms with Gasteiger partial charge in [0, 0.05) is 18.9 Å². The van der Waals surface area contributed by atoms with Crippen LogP contribution in [0.5, 0.6) is 0 Å². The first-order chi connectivity index (χ1) is 11.8. The van der Waals surface area contributed by atoms with Gasteiger partial charge >= 0.3 is 11.7 Å². The smallest absolute Gasteiger partial charge is 0.326 e. The third kappa shape index (κ3) is 4.17. The first-order valence-corrected chi connectivity index (χ1v) is 8.25. The average molecular weight is 344 g/mol. The van der Waals surface area contributed by atoms with Crippen molar-refractivity contribution in [2.75, 3.05) is 12.3 Å². The number of aromatic amines is 1. The van der Waals surface area contributed by atoms with E-state index in [1.165, 1.54) is 6.92 Å². The fourth-order valence-electron chi connectivity index (χ4n) is 2.64. The van der Waals surface area contributed by atoms with E-state index in [1.807, 2.05) is 24.3 Å². The maximum Gasteiger partial charge on any atom is 0.326 e. The Bertz CT molecular complexity index is 941. The van der Waals surface area contributed by atoms with E-state index < -0.39 is 0 Å². The molecule has 0 spiro atoms. The number of hydrogen-bond donors (Lipinski definition) is 2. The number of hydrogen-bond acceptors (Lipinski definition) is 5. The Hall–Kier alpha value is -2.83. The lowest BCUT2D eigenvalue weighted by molar-refractivity contribution is -0.140. The minimum atomic E-state index is -0.211. The van der Waals surface area contributed by atoms with Gasteiger partial charge in [-0.3, -0.25) is 9.36 Å². The lowest BCUT2D eigenvalue weighted by Crippen LogP contribution is -2.19. The molecular weight excluding hydrogens is 320 g/mol. The summed E-state index contributed by atoms with van der Waals surface area (Å²) in [4.78, 5) is 29.1. The van der Waals surface area contributed by atoms with Crippen molar-refractivity contribution in [2.45, 2.75) is 34.2 Å². The van der Waals surface area contributed by atoms with Gasteiger partial charge in [-0.2, -0.15) is 0 Å². The largest absolute Gasteiger partial charge is 0.466 e. The molecule has 25 heavy (non-hydrogen) atoms. The average Bonchev–Trinajstić information content (AvgIpc) is 2.85. The normalized spacial score (nSPS) is 10.8. The van der Waals surface area contributed by atoms with Gasteiger partial charge in [0.25, 0.3) is 0 Å². The predicted molar refractivity (Wildman–Crippen MR) is 99.4 cm³/mol. The quantitative estimate of drug-likeness (QED) is 0.711. The van der Waals surface area contributed by atoms with Crippen LogP contribution in [0.4, 0.5) is 5.82 Å². The van der Waals surface area contributed by atoms with E-state index in [0.717, 1.165) is 16.4 Å². The number of fused-ring (bicyclic) bond motifs is 3. The molecule has 134 valence electrons. The number of carbonyl (C=O) groups is 1. The maximum absolute atomic E-state index is 12.1. The van der Waals surface area contributed by atoms with Crippen molar-refractivity contribution < 1.29 is 9.53 Å².